The first-order valence-corrected chi connectivity index (χ1v) is 8.59. The lowest BCUT2D eigenvalue weighted by Gasteiger charge is -2.21. The monoisotopic (exact) mass is 352 g/mol. The average Bonchev–Trinajstić information content (AvgIpc) is 2.94. The Morgan fingerprint density at radius 3 is 2.92 bits per heavy atom. The Morgan fingerprint density at radius 1 is 1.36 bits per heavy atom. The van der Waals surface area contributed by atoms with E-state index in [1.807, 2.05) is 19.1 Å². The predicted molar refractivity (Wildman–Crippen MR) is 91.3 cm³/mol. The molecule has 7 heteroatoms. The van der Waals surface area contributed by atoms with Gasteiger partial charge in [0, 0.05) is 37.6 Å². The van der Waals surface area contributed by atoms with Crippen LogP contribution >= 0.6 is 0 Å². The summed E-state index contributed by atoms with van der Waals surface area (Å²) in [6.45, 7) is 4.15. The lowest BCUT2D eigenvalue weighted by atomic mass is 10.0. The zero-order chi connectivity index (χ0) is 17.9. The molecule has 1 aromatic heterocycles. The van der Waals surface area contributed by atoms with Gasteiger partial charge in [0.05, 0.1) is 11.8 Å². The summed E-state index contributed by atoms with van der Waals surface area (Å²) in [7, 11) is 0. The van der Waals surface area contributed by atoms with Crippen LogP contribution in [0.15, 0.2) is 36.7 Å². The van der Waals surface area contributed by atoms with E-state index in [2.05, 4.69) is 27.9 Å². The van der Waals surface area contributed by atoms with Gasteiger partial charge in [0.1, 0.15) is 0 Å². The minimum absolute atomic E-state index is 0.171. The van der Waals surface area contributed by atoms with Crippen molar-refractivity contribution in [3.8, 4) is 0 Å². The largest absolute Gasteiger partial charge is 0.419 e. The van der Waals surface area contributed by atoms with Crippen molar-refractivity contribution in [1.82, 2.24) is 15.1 Å². The molecule has 0 spiro atoms. The first-order valence-electron chi connectivity index (χ1n) is 8.59. The maximum absolute atomic E-state index is 12.6. The quantitative estimate of drug-likeness (QED) is 0.852. The second kappa shape index (κ2) is 7.47. The summed E-state index contributed by atoms with van der Waals surface area (Å²) >= 11 is 0. The molecular formula is C18H23F3N4. The molecule has 0 saturated carbocycles. The second-order valence-electron chi connectivity index (χ2n) is 6.67. The fourth-order valence-electron chi connectivity index (χ4n) is 3.20. The summed E-state index contributed by atoms with van der Waals surface area (Å²) in [6.07, 6.45) is -0.267. The van der Waals surface area contributed by atoms with Crippen LogP contribution in [-0.2, 0) is 12.7 Å². The van der Waals surface area contributed by atoms with Crippen molar-refractivity contribution in [1.29, 1.82) is 0 Å². The van der Waals surface area contributed by atoms with Crippen molar-refractivity contribution >= 4 is 5.69 Å². The van der Waals surface area contributed by atoms with E-state index in [-0.39, 0.29) is 12.0 Å². The van der Waals surface area contributed by atoms with Crippen molar-refractivity contribution in [3.05, 3.63) is 47.8 Å². The van der Waals surface area contributed by atoms with Crippen molar-refractivity contribution < 1.29 is 13.2 Å². The van der Waals surface area contributed by atoms with Crippen molar-refractivity contribution in [2.24, 2.45) is 5.92 Å². The molecule has 0 radical (unpaired) electrons. The number of hydrogen-bond donors (Lipinski definition) is 2. The number of halogens is 3. The molecule has 0 amide bonds. The van der Waals surface area contributed by atoms with Gasteiger partial charge in [-0.25, -0.2) is 0 Å². The highest BCUT2D eigenvalue weighted by atomic mass is 19.4. The van der Waals surface area contributed by atoms with Crippen LogP contribution < -0.4 is 10.6 Å². The number of hydrogen-bond acceptors (Lipinski definition) is 3. The molecule has 25 heavy (non-hydrogen) atoms. The van der Waals surface area contributed by atoms with Gasteiger partial charge in [0.15, 0.2) is 0 Å². The van der Waals surface area contributed by atoms with Crippen LogP contribution in [0.3, 0.4) is 0 Å². The molecule has 0 fully saturated rings. The van der Waals surface area contributed by atoms with E-state index in [4.69, 9.17) is 0 Å². The molecule has 0 bridgehead atoms. The molecule has 0 saturated heterocycles. The number of nitrogens with zero attached hydrogens (tertiary/aromatic N) is 2. The van der Waals surface area contributed by atoms with Gasteiger partial charge in [-0.2, -0.15) is 18.3 Å². The zero-order valence-corrected chi connectivity index (χ0v) is 14.2. The molecule has 2 unspecified atom stereocenters. The Bertz CT molecular complexity index is 696. The average molecular weight is 352 g/mol. The van der Waals surface area contributed by atoms with E-state index in [0.717, 1.165) is 44.0 Å². The molecule has 4 nitrogen and oxygen atoms in total. The molecule has 0 aliphatic carbocycles. The molecule has 1 aromatic carbocycles. The number of aromatic nitrogens is 2. The predicted octanol–water partition coefficient (Wildman–Crippen LogP) is 4.07. The Kier molecular flexibility index (Phi) is 5.32. The number of rotatable bonds is 5. The Hall–Kier alpha value is -2.02. The van der Waals surface area contributed by atoms with E-state index < -0.39 is 11.7 Å². The summed E-state index contributed by atoms with van der Waals surface area (Å²) in [4.78, 5) is 0. The van der Waals surface area contributed by atoms with E-state index >= 15 is 0 Å². The number of fused-ring (bicyclic) bond motifs is 1. The van der Waals surface area contributed by atoms with Crippen LogP contribution in [0.5, 0.6) is 0 Å². The van der Waals surface area contributed by atoms with Crippen molar-refractivity contribution in [2.75, 3.05) is 18.4 Å². The SMILES string of the molecule is CC(CNC1CCCNc2ccccc21)Cn1cc(C(F)(F)F)cn1. The third kappa shape index (κ3) is 4.54. The van der Waals surface area contributed by atoms with Crippen LogP contribution in [0.4, 0.5) is 18.9 Å². The Morgan fingerprint density at radius 2 is 2.16 bits per heavy atom. The van der Waals surface area contributed by atoms with Gasteiger partial charge >= 0.3 is 6.18 Å². The van der Waals surface area contributed by atoms with Gasteiger partial charge in [0.2, 0.25) is 0 Å². The van der Waals surface area contributed by atoms with Gasteiger partial charge < -0.3 is 10.6 Å². The molecule has 1 aliphatic rings. The third-order valence-electron chi connectivity index (χ3n) is 4.49. The standard InChI is InChI=1S/C18H23F3N4/c1-13(11-25-12-14(10-24-25)18(19,20)21)9-23-17-7-4-8-22-16-6-3-2-5-15(16)17/h2-3,5-6,10,12-13,17,22-23H,4,7-9,11H2,1H3. The smallest absolute Gasteiger partial charge is 0.385 e. The maximum atomic E-state index is 12.6. The van der Waals surface area contributed by atoms with E-state index in [0.29, 0.717) is 6.54 Å². The van der Waals surface area contributed by atoms with Crippen LogP contribution in [-0.4, -0.2) is 22.9 Å². The lowest BCUT2D eigenvalue weighted by Crippen LogP contribution is -2.28. The Balaban J connectivity index is 1.57. The second-order valence-corrected chi connectivity index (χ2v) is 6.67. The summed E-state index contributed by atoms with van der Waals surface area (Å²) in [5, 5.41) is 10.8. The molecule has 3 rings (SSSR count). The molecule has 2 atom stereocenters. The first kappa shape index (κ1) is 17.8. The first-order chi connectivity index (χ1) is 11.9. The maximum Gasteiger partial charge on any atom is 0.419 e. The molecule has 2 N–H and O–H groups in total. The molecular weight excluding hydrogens is 329 g/mol. The minimum Gasteiger partial charge on any atom is -0.385 e. The molecule has 1 aliphatic heterocycles. The zero-order valence-electron chi connectivity index (χ0n) is 14.2. The fraction of sp³-hybridized carbons (Fsp3) is 0.500. The van der Waals surface area contributed by atoms with E-state index in [1.165, 1.54) is 10.2 Å². The summed E-state index contributed by atoms with van der Waals surface area (Å²) in [6, 6.07) is 8.52. The van der Waals surface area contributed by atoms with Crippen LogP contribution in [0.2, 0.25) is 0 Å². The number of benzene rings is 1. The van der Waals surface area contributed by atoms with Gasteiger partial charge in [-0.3, -0.25) is 4.68 Å². The molecule has 2 heterocycles. The highest BCUT2D eigenvalue weighted by molar-refractivity contribution is 5.53. The van der Waals surface area contributed by atoms with Crippen LogP contribution in [0, 0.1) is 5.92 Å². The summed E-state index contributed by atoms with van der Waals surface area (Å²) < 4.78 is 39.3. The van der Waals surface area contributed by atoms with Gasteiger partial charge in [-0.1, -0.05) is 25.1 Å². The summed E-state index contributed by atoms with van der Waals surface area (Å²) in [5.41, 5.74) is 1.72. The third-order valence-corrected chi connectivity index (χ3v) is 4.49. The van der Waals surface area contributed by atoms with Gasteiger partial charge in [-0.15, -0.1) is 0 Å². The lowest BCUT2D eigenvalue weighted by molar-refractivity contribution is -0.137. The molecule has 2 aromatic rings. The van der Waals surface area contributed by atoms with Crippen LogP contribution in [0.1, 0.15) is 36.9 Å². The highest BCUT2D eigenvalue weighted by Crippen LogP contribution is 2.30. The Labute approximate surface area is 145 Å². The normalized spacial score (nSPS) is 19.0. The van der Waals surface area contributed by atoms with E-state index in [9.17, 15) is 13.2 Å². The topological polar surface area (TPSA) is 41.9 Å². The van der Waals surface area contributed by atoms with Gasteiger partial charge in [-0.05, 0) is 30.4 Å². The van der Waals surface area contributed by atoms with Crippen molar-refractivity contribution in [3.63, 3.8) is 0 Å². The number of alkyl halides is 3. The fourth-order valence-corrected chi connectivity index (χ4v) is 3.20. The van der Waals surface area contributed by atoms with E-state index in [1.54, 1.807) is 0 Å². The number of para-hydroxylation sites is 1. The summed E-state index contributed by atoms with van der Waals surface area (Å²) in [5.74, 6) is 0.171. The number of anilines is 1. The molecule has 136 valence electrons. The van der Waals surface area contributed by atoms with Gasteiger partial charge in [0.25, 0.3) is 0 Å². The van der Waals surface area contributed by atoms with Crippen molar-refractivity contribution in [2.45, 2.75) is 38.5 Å². The van der Waals surface area contributed by atoms with Crippen LogP contribution in [0.25, 0.3) is 0 Å². The highest BCUT2D eigenvalue weighted by Gasteiger charge is 2.32. The minimum atomic E-state index is -4.34. The number of nitrogens with one attached hydrogen (secondary N) is 2.